The largest absolute Gasteiger partial charge is 0.323 e. The van der Waals surface area contributed by atoms with Gasteiger partial charge in [0.2, 0.25) is 5.91 Å². The Hall–Kier alpha value is -3.05. The van der Waals surface area contributed by atoms with Crippen molar-refractivity contribution in [3.63, 3.8) is 0 Å². The van der Waals surface area contributed by atoms with E-state index in [9.17, 15) is 4.79 Å². The highest BCUT2D eigenvalue weighted by atomic mass is 16.1. The molecule has 144 valence electrons. The number of nitrogens with one attached hydrogen (secondary N) is 2. The molecule has 1 aliphatic rings. The number of allylic oxidation sites excluding steroid dienone is 2. The van der Waals surface area contributed by atoms with Crippen LogP contribution < -0.4 is 5.32 Å². The topological polar surface area (TPSA) is 69.1 Å². The van der Waals surface area contributed by atoms with Crippen LogP contribution in [0.3, 0.4) is 0 Å². The van der Waals surface area contributed by atoms with Gasteiger partial charge in [0.05, 0.1) is 0 Å². The molecule has 2 heterocycles. The van der Waals surface area contributed by atoms with Crippen molar-refractivity contribution in [2.24, 2.45) is 5.92 Å². The van der Waals surface area contributed by atoms with E-state index in [4.69, 9.17) is 5.41 Å². The van der Waals surface area contributed by atoms with Crippen LogP contribution in [0.25, 0.3) is 11.6 Å². The van der Waals surface area contributed by atoms with Crippen molar-refractivity contribution in [2.75, 3.05) is 18.4 Å². The van der Waals surface area contributed by atoms with Gasteiger partial charge in [0, 0.05) is 55.6 Å². The number of carbonyl (C=O) groups is 1. The second-order valence-electron chi connectivity index (χ2n) is 7.17. The minimum Gasteiger partial charge on any atom is -0.323 e. The highest BCUT2D eigenvalue weighted by Crippen LogP contribution is 2.20. The number of benzene rings is 1. The van der Waals surface area contributed by atoms with Gasteiger partial charge in [0.1, 0.15) is 0 Å². The number of carbonyl (C=O) groups excluding carboxylic acids is 1. The van der Waals surface area contributed by atoms with Crippen LogP contribution in [0.15, 0.2) is 54.9 Å². The van der Waals surface area contributed by atoms with E-state index < -0.39 is 0 Å². The lowest BCUT2D eigenvalue weighted by Gasteiger charge is -2.37. The molecular formula is C23H26N4O. The van der Waals surface area contributed by atoms with Crippen LogP contribution in [-0.2, 0) is 11.3 Å². The summed E-state index contributed by atoms with van der Waals surface area (Å²) in [6.45, 7) is 7.43. The molecule has 1 amide bonds. The van der Waals surface area contributed by atoms with Gasteiger partial charge < -0.3 is 10.7 Å². The molecular weight excluding hydrogens is 348 g/mol. The quantitative estimate of drug-likeness (QED) is 0.563. The zero-order valence-electron chi connectivity index (χ0n) is 16.4. The summed E-state index contributed by atoms with van der Waals surface area (Å²) in [5, 5.41) is 10.4. The van der Waals surface area contributed by atoms with Gasteiger partial charge in [-0.2, -0.15) is 0 Å². The Morgan fingerprint density at radius 2 is 2.04 bits per heavy atom. The monoisotopic (exact) mass is 374 g/mol. The lowest BCUT2D eigenvalue weighted by molar-refractivity contribution is -0.111. The number of aromatic nitrogens is 1. The average molecular weight is 374 g/mol. The Morgan fingerprint density at radius 1 is 1.29 bits per heavy atom. The molecule has 28 heavy (non-hydrogen) atoms. The second-order valence-corrected chi connectivity index (χ2v) is 7.17. The van der Waals surface area contributed by atoms with Crippen LogP contribution in [0.2, 0.25) is 0 Å². The summed E-state index contributed by atoms with van der Waals surface area (Å²) in [5.41, 5.74) is 4.49. The maximum absolute atomic E-state index is 12.3. The van der Waals surface area contributed by atoms with Gasteiger partial charge in [0.15, 0.2) is 0 Å². The summed E-state index contributed by atoms with van der Waals surface area (Å²) >= 11 is 0. The first-order valence-corrected chi connectivity index (χ1v) is 9.50. The van der Waals surface area contributed by atoms with E-state index in [-0.39, 0.29) is 5.91 Å². The maximum Gasteiger partial charge on any atom is 0.248 e. The summed E-state index contributed by atoms with van der Waals surface area (Å²) < 4.78 is 0. The second kappa shape index (κ2) is 9.24. The molecule has 0 bridgehead atoms. The van der Waals surface area contributed by atoms with Crippen molar-refractivity contribution < 1.29 is 4.79 Å². The maximum atomic E-state index is 12.3. The third kappa shape index (κ3) is 5.02. The fourth-order valence-corrected chi connectivity index (χ4v) is 3.38. The van der Waals surface area contributed by atoms with Crippen molar-refractivity contribution >= 4 is 29.5 Å². The molecule has 0 spiro atoms. The van der Waals surface area contributed by atoms with E-state index in [1.54, 1.807) is 18.5 Å². The molecule has 1 fully saturated rings. The minimum atomic E-state index is -0.198. The molecule has 0 aliphatic carbocycles. The number of amides is 1. The molecule has 5 nitrogen and oxygen atoms in total. The van der Waals surface area contributed by atoms with E-state index in [1.807, 2.05) is 31.2 Å². The molecule has 2 aromatic rings. The molecule has 0 atom stereocenters. The molecule has 1 aliphatic heterocycles. The number of rotatable bonds is 7. The van der Waals surface area contributed by atoms with Crippen LogP contribution in [0.1, 0.15) is 30.5 Å². The lowest BCUT2D eigenvalue weighted by Crippen LogP contribution is -2.44. The van der Waals surface area contributed by atoms with Crippen LogP contribution >= 0.6 is 0 Å². The predicted octanol–water partition coefficient (Wildman–Crippen LogP) is 4.24. The number of nitrogens with zero attached hydrogens (tertiary/aromatic N) is 2. The van der Waals surface area contributed by atoms with E-state index in [2.05, 4.69) is 34.3 Å². The van der Waals surface area contributed by atoms with E-state index >= 15 is 0 Å². The number of hydrogen-bond acceptors (Lipinski definition) is 4. The first-order valence-electron chi connectivity index (χ1n) is 9.50. The highest BCUT2D eigenvalue weighted by molar-refractivity contribution is 6.10. The summed E-state index contributed by atoms with van der Waals surface area (Å²) in [5.74, 6) is 0.601. The fraction of sp³-hybridized carbons (Fsp3) is 0.261. The first-order chi connectivity index (χ1) is 13.6. The third-order valence-corrected chi connectivity index (χ3v) is 4.81. The number of likely N-dealkylation sites (tertiary alicyclic amines) is 1. The van der Waals surface area contributed by atoms with Gasteiger partial charge in [-0.15, -0.1) is 0 Å². The summed E-state index contributed by atoms with van der Waals surface area (Å²) in [7, 11) is 0. The Morgan fingerprint density at radius 3 is 2.68 bits per heavy atom. The molecule has 0 radical (unpaired) electrons. The Bertz CT molecular complexity index is 893. The van der Waals surface area contributed by atoms with Gasteiger partial charge in [-0.25, -0.2) is 0 Å². The Kier molecular flexibility index (Phi) is 6.50. The average Bonchev–Trinajstić information content (AvgIpc) is 2.68. The molecule has 5 heteroatoms. The van der Waals surface area contributed by atoms with Crippen molar-refractivity contribution in [1.82, 2.24) is 9.88 Å². The predicted molar refractivity (Wildman–Crippen MR) is 115 cm³/mol. The van der Waals surface area contributed by atoms with E-state index in [0.717, 1.165) is 47.9 Å². The highest BCUT2D eigenvalue weighted by Gasteiger charge is 2.21. The summed E-state index contributed by atoms with van der Waals surface area (Å²) in [6, 6.07) is 9.84. The van der Waals surface area contributed by atoms with Crippen molar-refractivity contribution in [2.45, 2.75) is 20.4 Å². The Labute approximate surface area is 166 Å². The lowest BCUT2D eigenvalue weighted by atomic mass is 10.0. The molecule has 0 saturated carbocycles. The summed E-state index contributed by atoms with van der Waals surface area (Å²) in [4.78, 5) is 18.8. The van der Waals surface area contributed by atoms with Crippen LogP contribution in [0, 0.1) is 11.3 Å². The number of pyridine rings is 1. The molecule has 1 aromatic heterocycles. The smallest absolute Gasteiger partial charge is 0.248 e. The molecule has 1 aromatic carbocycles. The standard InChI is InChI=1S/C23H26N4O/c1-3-19(12-24)22-10-11-25-13-20(22)6-9-23(28)26-21-7-4-18(5-8-21)16-27-14-17(2)15-27/h3-13,17,24H,14-16H2,1-2H3,(H,26,28)/b9-6+,19-3+,24-12?. The minimum absolute atomic E-state index is 0.198. The number of hydrogen-bond donors (Lipinski definition) is 2. The Balaban J connectivity index is 1.60. The van der Waals surface area contributed by atoms with E-state index in [1.165, 1.54) is 17.9 Å². The fourth-order valence-electron chi connectivity index (χ4n) is 3.38. The molecule has 2 N–H and O–H groups in total. The summed E-state index contributed by atoms with van der Waals surface area (Å²) in [6.07, 6.45) is 9.76. The normalized spacial score (nSPS) is 15.4. The van der Waals surface area contributed by atoms with Crippen LogP contribution in [-0.4, -0.2) is 35.1 Å². The van der Waals surface area contributed by atoms with Crippen LogP contribution in [0.5, 0.6) is 0 Å². The van der Waals surface area contributed by atoms with Crippen molar-refractivity contribution in [3.05, 3.63) is 71.6 Å². The van der Waals surface area contributed by atoms with Crippen molar-refractivity contribution in [3.8, 4) is 0 Å². The van der Waals surface area contributed by atoms with Crippen molar-refractivity contribution in [1.29, 1.82) is 5.41 Å². The van der Waals surface area contributed by atoms with Gasteiger partial charge in [-0.05, 0) is 53.8 Å². The van der Waals surface area contributed by atoms with Gasteiger partial charge >= 0.3 is 0 Å². The molecule has 0 unspecified atom stereocenters. The number of anilines is 1. The van der Waals surface area contributed by atoms with Gasteiger partial charge in [-0.1, -0.05) is 25.1 Å². The third-order valence-electron chi connectivity index (χ3n) is 4.81. The van der Waals surface area contributed by atoms with Gasteiger partial charge in [-0.3, -0.25) is 14.7 Å². The SMILES string of the molecule is C/C=C(\C=N)c1ccncc1/C=C/C(=O)Nc1ccc(CN2CC(C)C2)cc1. The first kappa shape index (κ1) is 19.7. The molecule has 1 saturated heterocycles. The zero-order valence-corrected chi connectivity index (χ0v) is 16.4. The van der Waals surface area contributed by atoms with Gasteiger partial charge in [0.25, 0.3) is 0 Å². The van der Waals surface area contributed by atoms with Crippen LogP contribution in [0.4, 0.5) is 5.69 Å². The zero-order chi connectivity index (χ0) is 19.9. The van der Waals surface area contributed by atoms with E-state index in [0.29, 0.717) is 0 Å². The molecule has 3 rings (SSSR count).